The average Bonchev–Trinajstić information content (AvgIpc) is 2.46. The van der Waals surface area contributed by atoms with Crippen molar-refractivity contribution in [2.24, 2.45) is 0 Å². The molecular weight excluding hydrogens is 226 g/mol. The van der Waals surface area contributed by atoms with E-state index in [1.807, 2.05) is 0 Å². The van der Waals surface area contributed by atoms with E-state index in [4.69, 9.17) is 4.74 Å². The molecule has 2 aliphatic rings. The van der Waals surface area contributed by atoms with Crippen LogP contribution < -0.4 is 0 Å². The van der Waals surface area contributed by atoms with Crippen molar-refractivity contribution in [1.82, 2.24) is 9.80 Å². The molecule has 0 amide bonds. The van der Waals surface area contributed by atoms with Crippen LogP contribution in [-0.2, 0) is 4.74 Å². The lowest BCUT2D eigenvalue weighted by atomic mass is 10.1. The van der Waals surface area contributed by atoms with Gasteiger partial charge in [0.2, 0.25) is 0 Å². The molecule has 0 aliphatic carbocycles. The maximum absolute atomic E-state index is 9.20. The van der Waals surface area contributed by atoms with Crippen molar-refractivity contribution in [3.63, 3.8) is 0 Å². The summed E-state index contributed by atoms with van der Waals surface area (Å²) in [4.78, 5) is 4.90. The maximum atomic E-state index is 9.20. The third-order valence-electron chi connectivity index (χ3n) is 4.15. The first-order chi connectivity index (χ1) is 8.85. The molecule has 4 nitrogen and oxygen atoms in total. The second kappa shape index (κ2) is 7.08. The van der Waals surface area contributed by atoms with Crippen molar-refractivity contribution >= 4 is 0 Å². The Hall–Kier alpha value is -0.630. The third-order valence-corrected chi connectivity index (χ3v) is 4.15. The lowest BCUT2D eigenvalue weighted by Gasteiger charge is -2.41. The van der Waals surface area contributed by atoms with Gasteiger partial charge in [-0.05, 0) is 19.3 Å². The number of hydrogen-bond donors (Lipinski definition) is 0. The molecule has 4 heteroatoms. The summed E-state index contributed by atoms with van der Waals surface area (Å²) in [5.41, 5.74) is 0. The van der Waals surface area contributed by atoms with Crippen molar-refractivity contribution in [3.05, 3.63) is 0 Å². The molecule has 2 saturated heterocycles. The summed E-state index contributed by atoms with van der Waals surface area (Å²) < 4.78 is 5.56. The van der Waals surface area contributed by atoms with Gasteiger partial charge in [-0.3, -0.25) is 9.80 Å². The number of piperazine rings is 1. The lowest BCUT2D eigenvalue weighted by molar-refractivity contribution is -0.00513. The normalized spacial score (nSPS) is 28.8. The highest BCUT2D eigenvalue weighted by Gasteiger charge is 2.28. The van der Waals surface area contributed by atoms with E-state index in [1.54, 1.807) is 0 Å². The largest absolute Gasteiger partial charge is 0.380 e. The second-order valence-electron chi connectivity index (χ2n) is 5.38. The molecule has 2 heterocycles. The summed E-state index contributed by atoms with van der Waals surface area (Å²) in [6.07, 6.45) is 4.57. The Morgan fingerprint density at radius 2 is 2.11 bits per heavy atom. The van der Waals surface area contributed by atoms with Gasteiger partial charge in [0.1, 0.15) is 0 Å². The Kier molecular flexibility index (Phi) is 5.43. The topological polar surface area (TPSA) is 39.5 Å². The quantitative estimate of drug-likeness (QED) is 0.758. The fourth-order valence-electron chi connectivity index (χ4n) is 3.03. The van der Waals surface area contributed by atoms with Crippen LogP contribution in [0.2, 0.25) is 0 Å². The zero-order valence-corrected chi connectivity index (χ0v) is 11.5. The molecule has 2 rings (SSSR count). The summed E-state index contributed by atoms with van der Waals surface area (Å²) in [7, 11) is 0. The van der Waals surface area contributed by atoms with Gasteiger partial charge in [0.15, 0.2) is 0 Å². The Labute approximate surface area is 110 Å². The molecule has 0 bridgehead atoms. The van der Waals surface area contributed by atoms with Crippen molar-refractivity contribution in [2.75, 3.05) is 39.4 Å². The molecule has 18 heavy (non-hydrogen) atoms. The van der Waals surface area contributed by atoms with E-state index < -0.39 is 0 Å². The van der Waals surface area contributed by atoms with Crippen LogP contribution in [0.3, 0.4) is 0 Å². The van der Waals surface area contributed by atoms with Crippen LogP contribution in [0.25, 0.3) is 0 Å². The lowest BCUT2D eigenvalue weighted by Crippen LogP contribution is -2.54. The van der Waals surface area contributed by atoms with E-state index in [0.29, 0.717) is 6.04 Å². The Morgan fingerprint density at radius 1 is 1.33 bits per heavy atom. The van der Waals surface area contributed by atoms with Gasteiger partial charge in [0, 0.05) is 38.8 Å². The molecule has 2 atom stereocenters. The predicted octanol–water partition coefficient (Wildman–Crippen LogP) is 1.48. The summed E-state index contributed by atoms with van der Waals surface area (Å²) in [6.45, 7) is 8.25. The molecule has 102 valence electrons. The monoisotopic (exact) mass is 251 g/mol. The molecule has 2 aliphatic heterocycles. The predicted molar refractivity (Wildman–Crippen MR) is 71.3 cm³/mol. The molecule has 0 aromatic heterocycles. The van der Waals surface area contributed by atoms with Gasteiger partial charge in [-0.25, -0.2) is 0 Å². The molecule has 2 unspecified atom stereocenters. The van der Waals surface area contributed by atoms with E-state index in [1.165, 1.54) is 12.8 Å². The van der Waals surface area contributed by atoms with Crippen LogP contribution in [0, 0.1) is 11.3 Å². The summed E-state index contributed by atoms with van der Waals surface area (Å²) in [6, 6.07) is 3.19. The van der Waals surface area contributed by atoms with Crippen LogP contribution >= 0.6 is 0 Å². The molecular formula is C14H25N3O. The second-order valence-corrected chi connectivity index (χ2v) is 5.38. The van der Waals surface area contributed by atoms with Gasteiger partial charge in [0.05, 0.1) is 18.7 Å². The van der Waals surface area contributed by atoms with Crippen molar-refractivity contribution in [1.29, 1.82) is 5.26 Å². The number of hydrogen-bond acceptors (Lipinski definition) is 4. The van der Waals surface area contributed by atoms with Crippen molar-refractivity contribution < 1.29 is 4.74 Å². The number of rotatable bonds is 4. The van der Waals surface area contributed by atoms with Crippen LogP contribution in [-0.4, -0.2) is 61.3 Å². The Balaban J connectivity index is 1.78. The van der Waals surface area contributed by atoms with Gasteiger partial charge in [-0.15, -0.1) is 0 Å². The fourth-order valence-corrected chi connectivity index (χ4v) is 3.03. The first-order valence-corrected chi connectivity index (χ1v) is 7.30. The van der Waals surface area contributed by atoms with Gasteiger partial charge >= 0.3 is 0 Å². The van der Waals surface area contributed by atoms with E-state index in [2.05, 4.69) is 22.8 Å². The molecule has 0 aromatic carbocycles. The van der Waals surface area contributed by atoms with Crippen molar-refractivity contribution in [3.8, 4) is 6.07 Å². The Bertz CT molecular complexity index is 275. The zero-order valence-electron chi connectivity index (χ0n) is 11.5. The minimum absolute atomic E-state index is 0.125. The summed E-state index contributed by atoms with van der Waals surface area (Å²) in [5.74, 6) is 0. The standard InChI is InChI=1S/C14H25N3O/c1-2-4-13(11-15)16-6-8-17(9-7-16)14-5-3-10-18-12-14/h13-14H,2-10,12H2,1H3. The molecule has 0 N–H and O–H groups in total. The summed E-state index contributed by atoms with van der Waals surface area (Å²) in [5, 5.41) is 9.20. The SMILES string of the molecule is CCCC(C#N)N1CCN(C2CCCOC2)CC1. The van der Waals surface area contributed by atoms with Crippen LogP contribution in [0.1, 0.15) is 32.6 Å². The van der Waals surface area contributed by atoms with Crippen LogP contribution in [0.5, 0.6) is 0 Å². The van der Waals surface area contributed by atoms with Gasteiger partial charge in [-0.1, -0.05) is 13.3 Å². The summed E-state index contributed by atoms with van der Waals surface area (Å²) >= 11 is 0. The van der Waals surface area contributed by atoms with Gasteiger partial charge in [0.25, 0.3) is 0 Å². The Morgan fingerprint density at radius 3 is 2.67 bits per heavy atom. The van der Waals surface area contributed by atoms with E-state index in [-0.39, 0.29) is 6.04 Å². The first-order valence-electron chi connectivity index (χ1n) is 7.30. The fraction of sp³-hybridized carbons (Fsp3) is 0.929. The molecule has 0 spiro atoms. The van der Waals surface area contributed by atoms with Crippen LogP contribution in [0.4, 0.5) is 0 Å². The molecule has 0 aromatic rings. The zero-order chi connectivity index (χ0) is 12.8. The van der Waals surface area contributed by atoms with Crippen LogP contribution in [0.15, 0.2) is 0 Å². The minimum atomic E-state index is 0.125. The minimum Gasteiger partial charge on any atom is -0.380 e. The molecule has 0 radical (unpaired) electrons. The third kappa shape index (κ3) is 3.44. The average molecular weight is 251 g/mol. The highest BCUT2D eigenvalue weighted by Crippen LogP contribution is 2.17. The van der Waals surface area contributed by atoms with E-state index in [0.717, 1.165) is 52.2 Å². The van der Waals surface area contributed by atoms with Gasteiger partial charge in [-0.2, -0.15) is 5.26 Å². The number of nitriles is 1. The maximum Gasteiger partial charge on any atom is 0.0978 e. The first kappa shape index (κ1) is 13.8. The van der Waals surface area contributed by atoms with E-state index >= 15 is 0 Å². The van der Waals surface area contributed by atoms with Gasteiger partial charge < -0.3 is 4.74 Å². The molecule has 0 saturated carbocycles. The van der Waals surface area contributed by atoms with E-state index in [9.17, 15) is 5.26 Å². The highest BCUT2D eigenvalue weighted by molar-refractivity contribution is 4.94. The molecule has 2 fully saturated rings. The number of nitrogens with zero attached hydrogens (tertiary/aromatic N) is 3. The smallest absolute Gasteiger partial charge is 0.0978 e. The number of ether oxygens (including phenoxy) is 1. The van der Waals surface area contributed by atoms with Crippen molar-refractivity contribution in [2.45, 2.75) is 44.7 Å². The highest BCUT2D eigenvalue weighted by atomic mass is 16.5.